The monoisotopic (exact) mass is 292 g/mol. The van der Waals surface area contributed by atoms with E-state index in [0.717, 1.165) is 51.4 Å². The Bertz CT molecular complexity index is 382. The van der Waals surface area contributed by atoms with Crippen molar-refractivity contribution >= 4 is 11.8 Å². The van der Waals surface area contributed by atoms with Crippen LogP contribution in [0.2, 0.25) is 0 Å². The quantitative estimate of drug-likeness (QED) is 0.449. The Morgan fingerprint density at radius 1 is 1.19 bits per heavy atom. The Morgan fingerprint density at radius 2 is 1.90 bits per heavy atom. The van der Waals surface area contributed by atoms with Crippen LogP contribution in [0.1, 0.15) is 64.7 Å². The smallest absolute Gasteiger partial charge is 0.303 e. The van der Waals surface area contributed by atoms with Gasteiger partial charge in [0.25, 0.3) is 0 Å². The highest BCUT2D eigenvalue weighted by atomic mass is 16.4. The number of unbranched alkanes of at least 4 members (excludes halogenated alkanes) is 4. The lowest BCUT2D eigenvalue weighted by Crippen LogP contribution is -2.15. The van der Waals surface area contributed by atoms with E-state index in [9.17, 15) is 9.59 Å². The van der Waals surface area contributed by atoms with Crippen LogP contribution in [0.4, 0.5) is 0 Å². The minimum Gasteiger partial charge on any atom is -0.481 e. The van der Waals surface area contributed by atoms with Crippen molar-refractivity contribution in [2.24, 2.45) is 11.8 Å². The van der Waals surface area contributed by atoms with Crippen LogP contribution in [0.25, 0.3) is 0 Å². The number of hydrogen-bond acceptors (Lipinski definition) is 2. The van der Waals surface area contributed by atoms with Crippen LogP contribution in [0.3, 0.4) is 0 Å². The molecule has 3 heteroatoms. The molecule has 3 nitrogen and oxygen atoms in total. The molecule has 0 fully saturated rings. The van der Waals surface area contributed by atoms with E-state index in [1.807, 2.05) is 0 Å². The Hall–Kier alpha value is -1.38. The number of carbonyl (C=O) groups is 2. The van der Waals surface area contributed by atoms with Gasteiger partial charge < -0.3 is 5.11 Å². The normalized spacial score (nSPS) is 21.5. The average molecular weight is 292 g/mol. The van der Waals surface area contributed by atoms with E-state index in [1.165, 1.54) is 0 Å². The van der Waals surface area contributed by atoms with Crippen molar-refractivity contribution in [1.82, 2.24) is 0 Å². The van der Waals surface area contributed by atoms with Crippen molar-refractivity contribution in [3.8, 4) is 0 Å². The number of carbonyl (C=O) groups excluding carboxylic acids is 1. The fourth-order valence-electron chi connectivity index (χ4n) is 2.87. The lowest BCUT2D eigenvalue weighted by atomic mass is 9.87. The Balaban J connectivity index is 2.15. The maximum atomic E-state index is 11.8. The number of hydrogen-bond donors (Lipinski definition) is 1. The van der Waals surface area contributed by atoms with Crippen LogP contribution in [-0.2, 0) is 9.59 Å². The van der Waals surface area contributed by atoms with Crippen LogP contribution in [0, 0.1) is 11.8 Å². The third kappa shape index (κ3) is 7.26. The Labute approximate surface area is 128 Å². The first-order valence-electron chi connectivity index (χ1n) is 8.24. The predicted octanol–water partition coefficient (Wildman–Crippen LogP) is 4.53. The molecule has 0 aliphatic heterocycles. The third-order valence-electron chi connectivity index (χ3n) is 4.11. The lowest BCUT2D eigenvalue weighted by molar-refractivity contribution is -0.137. The summed E-state index contributed by atoms with van der Waals surface area (Å²) in [6.45, 7) is 2.10. The van der Waals surface area contributed by atoms with Crippen molar-refractivity contribution in [3.05, 3.63) is 24.3 Å². The highest BCUT2D eigenvalue weighted by molar-refractivity contribution is 5.94. The van der Waals surface area contributed by atoms with E-state index < -0.39 is 5.97 Å². The molecule has 0 bridgehead atoms. The van der Waals surface area contributed by atoms with Crippen LogP contribution < -0.4 is 0 Å². The molecule has 0 aromatic rings. The fourth-order valence-corrected chi connectivity index (χ4v) is 2.87. The van der Waals surface area contributed by atoms with Crippen LogP contribution >= 0.6 is 0 Å². The number of allylic oxidation sites excluding steroid dienone is 4. The summed E-state index contributed by atoms with van der Waals surface area (Å²) in [4.78, 5) is 22.2. The zero-order valence-corrected chi connectivity index (χ0v) is 13.1. The van der Waals surface area contributed by atoms with Gasteiger partial charge in [0.15, 0.2) is 5.78 Å². The molecule has 0 amide bonds. The first-order valence-corrected chi connectivity index (χ1v) is 8.24. The number of rotatable bonds is 11. The van der Waals surface area contributed by atoms with E-state index >= 15 is 0 Å². The second-order valence-corrected chi connectivity index (χ2v) is 5.85. The molecule has 0 aromatic heterocycles. The summed E-state index contributed by atoms with van der Waals surface area (Å²) < 4.78 is 0. The van der Waals surface area contributed by atoms with Gasteiger partial charge in [0.05, 0.1) is 0 Å². The van der Waals surface area contributed by atoms with Gasteiger partial charge >= 0.3 is 5.97 Å². The van der Waals surface area contributed by atoms with E-state index in [1.54, 1.807) is 6.08 Å². The van der Waals surface area contributed by atoms with Gasteiger partial charge in [-0.25, -0.2) is 0 Å². The molecule has 0 aromatic carbocycles. The van der Waals surface area contributed by atoms with E-state index in [0.29, 0.717) is 5.92 Å². The zero-order valence-electron chi connectivity index (χ0n) is 13.1. The van der Waals surface area contributed by atoms with Crippen molar-refractivity contribution in [1.29, 1.82) is 0 Å². The third-order valence-corrected chi connectivity index (χ3v) is 4.11. The van der Waals surface area contributed by atoms with Crippen LogP contribution in [0.5, 0.6) is 0 Å². The Kier molecular flexibility index (Phi) is 8.72. The number of ketones is 1. The van der Waals surface area contributed by atoms with Gasteiger partial charge in [0.2, 0.25) is 0 Å². The summed E-state index contributed by atoms with van der Waals surface area (Å²) in [6.07, 6.45) is 16.5. The summed E-state index contributed by atoms with van der Waals surface area (Å²) >= 11 is 0. The van der Waals surface area contributed by atoms with E-state index in [4.69, 9.17) is 5.11 Å². The minimum atomic E-state index is -0.701. The molecule has 0 saturated heterocycles. The second kappa shape index (κ2) is 10.4. The summed E-state index contributed by atoms with van der Waals surface area (Å²) in [6, 6.07) is 0. The van der Waals surface area contributed by atoms with Crippen molar-refractivity contribution in [3.63, 3.8) is 0 Å². The zero-order chi connectivity index (χ0) is 15.5. The number of carboxylic acids is 1. The highest BCUT2D eigenvalue weighted by Crippen LogP contribution is 2.30. The minimum absolute atomic E-state index is 0.153. The molecule has 0 unspecified atom stereocenters. The van der Waals surface area contributed by atoms with Crippen molar-refractivity contribution in [2.75, 3.05) is 0 Å². The first-order chi connectivity index (χ1) is 10.1. The molecule has 0 saturated carbocycles. The molecule has 1 aliphatic carbocycles. The SMILES string of the molecule is CCC=CC[C@H]1C(=O)C=C[C@@H]1CCCCCCCC(=O)O. The highest BCUT2D eigenvalue weighted by Gasteiger charge is 2.28. The lowest BCUT2D eigenvalue weighted by Gasteiger charge is -2.16. The second-order valence-electron chi connectivity index (χ2n) is 5.85. The summed E-state index contributed by atoms with van der Waals surface area (Å²) in [7, 11) is 0. The van der Waals surface area contributed by atoms with Gasteiger partial charge in [0, 0.05) is 12.3 Å². The van der Waals surface area contributed by atoms with Crippen LogP contribution in [0.15, 0.2) is 24.3 Å². The molecule has 1 rings (SSSR count). The molecule has 0 radical (unpaired) electrons. The van der Waals surface area contributed by atoms with Crippen LogP contribution in [-0.4, -0.2) is 16.9 Å². The molecule has 21 heavy (non-hydrogen) atoms. The maximum Gasteiger partial charge on any atom is 0.303 e. The van der Waals surface area contributed by atoms with Gasteiger partial charge in [0.1, 0.15) is 0 Å². The molecule has 1 N–H and O–H groups in total. The average Bonchev–Trinajstić information content (AvgIpc) is 2.79. The molecule has 1 aliphatic rings. The van der Waals surface area contributed by atoms with Gasteiger partial charge in [-0.1, -0.05) is 50.8 Å². The van der Waals surface area contributed by atoms with Gasteiger partial charge in [-0.2, -0.15) is 0 Å². The summed E-state index contributed by atoms with van der Waals surface area (Å²) in [5.74, 6) is 0.132. The van der Waals surface area contributed by atoms with Crippen molar-refractivity contribution in [2.45, 2.75) is 64.7 Å². The summed E-state index contributed by atoms with van der Waals surface area (Å²) in [5, 5.41) is 8.56. The topological polar surface area (TPSA) is 54.4 Å². The molecular formula is C18H28O3. The molecule has 0 heterocycles. The molecule has 0 spiro atoms. The maximum absolute atomic E-state index is 11.8. The number of aliphatic carboxylic acids is 1. The summed E-state index contributed by atoms with van der Waals surface area (Å²) in [5.41, 5.74) is 0. The van der Waals surface area contributed by atoms with Gasteiger partial charge in [-0.15, -0.1) is 0 Å². The fraction of sp³-hybridized carbons (Fsp3) is 0.667. The molecule has 118 valence electrons. The number of carboxylic acid groups (broad SMARTS) is 1. The van der Waals surface area contributed by atoms with E-state index in [2.05, 4.69) is 25.2 Å². The first kappa shape index (κ1) is 17.7. The van der Waals surface area contributed by atoms with E-state index in [-0.39, 0.29) is 18.1 Å². The molecule has 2 atom stereocenters. The Morgan fingerprint density at radius 3 is 2.62 bits per heavy atom. The van der Waals surface area contributed by atoms with Gasteiger partial charge in [-0.05, 0) is 37.7 Å². The predicted molar refractivity (Wildman–Crippen MR) is 85.1 cm³/mol. The largest absolute Gasteiger partial charge is 0.481 e. The van der Waals surface area contributed by atoms with Gasteiger partial charge in [-0.3, -0.25) is 9.59 Å². The molecular weight excluding hydrogens is 264 g/mol. The van der Waals surface area contributed by atoms with Crippen molar-refractivity contribution < 1.29 is 14.7 Å². The standard InChI is InChI=1S/C18H28O3/c1-2-3-7-11-16-15(13-14-17(16)19)10-8-5-4-6-9-12-18(20)21/h3,7,13-16H,2,4-6,8-12H2,1H3,(H,20,21)/t15-,16+/m0/s1.